The summed E-state index contributed by atoms with van der Waals surface area (Å²) in [5, 5.41) is 13.1. The quantitative estimate of drug-likeness (QED) is 0.266. The van der Waals surface area contributed by atoms with Crippen molar-refractivity contribution in [2.45, 2.75) is 35.0 Å². The van der Waals surface area contributed by atoms with Crippen LogP contribution >= 0.6 is 34.4 Å². The SMILES string of the molecule is O=[N+]([O-])c1ccc2nc(Sc3ncnc4sc5c(c34)CCCC5)sc2c1. The predicted molar refractivity (Wildman–Crippen MR) is 104 cm³/mol. The van der Waals surface area contributed by atoms with Crippen molar-refractivity contribution in [1.29, 1.82) is 0 Å². The largest absolute Gasteiger partial charge is 0.270 e. The number of fused-ring (bicyclic) bond motifs is 4. The zero-order chi connectivity index (χ0) is 17.7. The Hall–Kier alpha value is -2.10. The highest BCUT2D eigenvalue weighted by molar-refractivity contribution is 8.01. The Morgan fingerprint density at radius 1 is 1.15 bits per heavy atom. The van der Waals surface area contributed by atoms with E-state index in [1.165, 1.54) is 57.8 Å². The van der Waals surface area contributed by atoms with E-state index in [0.29, 0.717) is 0 Å². The first kappa shape index (κ1) is 16.1. The van der Waals surface area contributed by atoms with Crippen LogP contribution in [0.1, 0.15) is 23.3 Å². The van der Waals surface area contributed by atoms with Crippen molar-refractivity contribution in [2.24, 2.45) is 0 Å². The van der Waals surface area contributed by atoms with Crippen LogP contribution in [0.15, 0.2) is 33.9 Å². The van der Waals surface area contributed by atoms with Gasteiger partial charge in [0.2, 0.25) is 0 Å². The number of non-ortho nitro benzene ring substituents is 1. The molecule has 130 valence electrons. The third kappa shape index (κ3) is 2.67. The van der Waals surface area contributed by atoms with Crippen LogP contribution in [0.5, 0.6) is 0 Å². The zero-order valence-corrected chi connectivity index (χ0v) is 15.9. The second-order valence-electron chi connectivity index (χ2n) is 6.06. The summed E-state index contributed by atoms with van der Waals surface area (Å²) in [5.74, 6) is 0. The summed E-state index contributed by atoms with van der Waals surface area (Å²) in [4.78, 5) is 26.7. The molecule has 3 aromatic heterocycles. The third-order valence-electron chi connectivity index (χ3n) is 4.46. The van der Waals surface area contributed by atoms with Gasteiger partial charge in [0.15, 0.2) is 4.34 Å². The van der Waals surface area contributed by atoms with Gasteiger partial charge in [0.05, 0.1) is 15.1 Å². The molecule has 0 bridgehead atoms. The smallest absolute Gasteiger partial charge is 0.258 e. The lowest BCUT2D eigenvalue weighted by Gasteiger charge is -2.10. The van der Waals surface area contributed by atoms with Crippen LogP contribution in [0.25, 0.3) is 20.4 Å². The minimum absolute atomic E-state index is 0.0917. The lowest BCUT2D eigenvalue weighted by Crippen LogP contribution is -1.98. The molecule has 4 aromatic rings. The van der Waals surface area contributed by atoms with Gasteiger partial charge < -0.3 is 0 Å². The van der Waals surface area contributed by atoms with Gasteiger partial charge in [0, 0.05) is 22.4 Å². The molecule has 0 fully saturated rings. The summed E-state index contributed by atoms with van der Waals surface area (Å²) in [6.45, 7) is 0. The maximum atomic E-state index is 11.0. The fraction of sp³-hybridized carbons (Fsp3) is 0.235. The average molecular weight is 401 g/mol. The summed E-state index contributed by atoms with van der Waals surface area (Å²) in [5.41, 5.74) is 2.27. The Bertz CT molecular complexity index is 1170. The van der Waals surface area contributed by atoms with Crippen molar-refractivity contribution in [2.75, 3.05) is 0 Å². The highest BCUT2D eigenvalue weighted by Gasteiger charge is 2.21. The Kier molecular flexibility index (Phi) is 3.87. The lowest BCUT2D eigenvalue weighted by molar-refractivity contribution is -0.384. The van der Waals surface area contributed by atoms with E-state index in [2.05, 4.69) is 15.0 Å². The minimum Gasteiger partial charge on any atom is -0.258 e. The van der Waals surface area contributed by atoms with E-state index in [-0.39, 0.29) is 10.6 Å². The van der Waals surface area contributed by atoms with Crippen LogP contribution < -0.4 is 0 Å². The Balaban J connectivity index is 1.58. The number of benzene rings is 1. The van der Waals surface area contributed by atoms with E-state index in [0.717, 1.165) is 37.3 Å². The minimum atomic E-state index is -0.377. The van der Waals surface area contributed by atoms with Gasteiger partial charge in [-0.3, -0.25) is 10.1 Å². The van der Waals surface area contributed by atoms with Crippen LogP contribution in [-0.2, 0) is 12.8 Å². The molecule has 1 aliphatic carbocycles. The molecule has 0 aliphatic heterocycles. The van der Waals surface area contributed by atoms with E-state index in [4.69, 9.17) is 0 Å². The summed E-state index contributed by atoms with van der Waals surface area (Å²) in [6.07, 6.45) is 6.29. The topological polar surface area (TPSA) is 81.8 Å². The first-order valence-corrected chi connectivity index (χ1v) is 10.6. The maximum absolute atomic E-state index is 11.0. The Morgan fingerprint density at radius 3 is 2.92 bits per heavy atom. The third-order valence-corrected chi connectivity index (χ3v) is 7.75. The van der Waals surface area contributed by atoms with Crippen LogP contribution in [0.4, 0.5) is 5.69 Å². The number of hydrogen-bond donors (Lipinski definition) is 0. The Morgan fingerprint density at radius 2 is 2.04 bits per heavy atom. The van der Waals surface area contributed by atoms with E-state index in [1.54, 1.807) is 29.8 Å². The monoisotopic (exact) mass is 400 g/mol. The summed E-state index contributed by atoms with van der Waals surface area (Å²) >= 11 is 4.77. The molecular weight excluding hydrogens is 388 g/mol. The molecule has 1 aromatic carbocycles. The van der Waals surface area contributed by atoms with Gasteiger partial charge in [-0.05, 0) is 49.1 Å². The molecule has 0 spiro atoms. The summed E-state index contributed by atoms with van der Waals surface area (Å²) < 4.78 is 1.66. The van der Waals surface area contributed by atoms with Gasteiger partial charge in [-0.2, -0.15) is 0 Å². The van der Waals surface area contributed by atoms with Crippen LogP contribution in [0, 0.1) is 10.1 Å². The molecule has 6 nitrogen and oxygen atoms in total. The Labute approximate surface area is 160 Å². The molecule has 0 N–H and O–H groups in total. The van der Waals surface area contributed by atoms with Gasteiger partial charge in [0.25, 0.3) is 5.69 Å². The number of nitro benzene ring substituents is 1. The number of aromatic nitrogens is 3. The van der Waals surface area contributed by atoms with Crippen molar-refractivity contribution in [3.05, 3.63) is 45.1 Å². The van der Waals surface area contributed by atoms with Gasteiger partial charge >= 0.3 is 0 Å². The number of hydrogen-bond acceptors (Lipinski definition) is 8. The first-order chi connectivity index (χ1) is 12.7. The molecular formula is C17H12N4O2S3. The number of nitrogens with zero attached hydrogens (tertiary/aromatic N) is 4. The summed E-state index contributed by atoms with van der Waals surface area (Å²) in [7, 11) is 0. The standard InChI is InChI=1S/C17H12N4O2S3/c22-21(23)9-5-6-11-13(7-9)25-17(20-11)26-16-14-10-3-1-2-4-12(10)24-15(14)18-8-19-16/h5-8H,1-4H2. The molecule has 0 saturated heterocycles. The molecule has 1 aliphatic rings. The molecule has 26 heavy (non-hydrogen) atoms. The molecule has 0 saturated carbocycles. The molecule has 9 heteroatoms. The zero-order valence-electron chi connectivity index (χ0n) is 13.5. The van der Waals surface area contributed by atoms with E-state index >= 15 is 0 Å². The normalized spacial score (nSPS) is 14.0. The second kappa shape index (κ2) is 6.26. The highest BCUT2D eigenvalue weighted by Crippen LogP contribution is 2.42. The molecule has 0 radical (unpaired) electrons. The average Bonchev–Trinajstić information content (AvgIpc) is 3.21. The fourth-order valence-corrected chi connectivity index (χ4v) is 6.70. The number of thiazole rings is 1. The molecule has 0 unspecified atom stereocenters. The highest BCUT2D eigenvalue weighted by atomic mass is 32.2. The van der Waals surface area contributed by atoms with Crippen molar-refractivity contribution in [1.82, 2.24) is 15.0 Å². The van der Waals surface area contributed by atoms with Gasteiger partial charge in [-0.1, -0.05) is 0 Å². The van der Waals surface area contributed by atoms with Gasteiger partial charge in [0.1, 0.15) is 16.2 Å². The number of rotatable bonds is 3. The van der Waals surface area contributed by atoms with Gasteiger partial charge in [-0.25, -0.2) is 15.0 Å². The predicted octanol–water partition coefficient (Wildman–Crippen LogP) is 5.24. The fourth-order valence-electron chi connectivity index (χ4n) is 3.27. The number of nitro groups is 1. The van der Waals surface area contributed by atoms with E-state index in [9.17, 15) is 10.1 Å². The van der Waals surface area contributed by atoms with Crippen molar-refractivity contribution >= 4 is 60.6 Å². The van der Waals surface area contributed by atoms with Crippen molar-refractivity contribution in [3.63, 3.8) is 0 Å². The molecule has 0 amide bonds. The number of aryl methyl sites for hydroxylation is 2. The lowest BCUT2D eigenvalue weighted by atomic mass is 9.97. The van der Waals surface area contributed by atoms with Crippen LogP contribution in [0.3, 0.4) is 0 Å². The van der Waals surface area contributed by atoms with Crippen molar-refractivity contribution < 1.29 is 4.92 Å². The first-order valence-electron chi connectivity index (χ1n) is 8.17. The summed E-state index contributed by atoms with van der Waals surface area (Å²) in [6, 6.07) is 4.78. The van der Waals surface area contributed by atoms with Crippen molar-refractivity contribution in [3.8, 4) is 0 Å². The molecule has 3 heterocycles. The van der Waals surface area contributed by atoms with E-state index < -0.39 is 0 Å². The number of thiophene rings is 1. The second-order valence-corrected chi connectivity index (χ2v) is 9.41. The van der Waals surface area contributed by atoms with Crippen LogP contribution in [0.2, 0.25) is 0 Å². The molecule has 0 atom stereocenters. The maximum Gasteiger partial charge on any atom is 0.270 e. The van der Waals surface area contributed by atoms with Gasteiger partial charge in [-0.15, -0.1) is 22.7 Å². The van der Waals surface area contributed by atoms with Crippen LogP contribution in [-0.4, -0.2) is 19.9 Å². The van der Waals surface area contributed by atoms with E-state index in [1.807, 2.05) is 0 Å². The molecule has 5 rings (SSSR count).